The summed E-state index contributed by atoms with van der Waals surface area (Å²) in [5, 5.41) is 0. The van der Waals surface area contributed by atoms with E-state index in [0.717, 1.165) is 17.7 Å². The summed E-state index contributed by atoms with van der Waals surface area (Å²) in [6, 6.07) is 8.36. The van der Waals surface area contributed by atoms with Gasteiger partial charge in [0.2, 0.25) is 0 Å². The highest BCUT2D eigenvalue weighted by molar-refractivity contribution is 5.67. The second-order valence-electron chi connectivity index (χ2n) is 3.94. The number of alkyl halides is 3. The maximum Gasteiger partial charge on any atom is 0.416 e. The van der Waals surface area contributed by atoms with Crippen molar-refractivity contribution >= 4 is 5.82 Å². The van der Waals surface area contributed by atoms with Crippen LogP contribution in [-0.4, -0.2) is 4.98 Å². The summed E-state index contributed by atoms with van der Waals surface area (Å²) in [5.41, 5.74) is 7.02. The molecule has 1 heterocycles. The topological polar surface area (TPSA) is 38.9 Å². The zero-order chi connectivity index (χ0) is 13.3. The Bertz CT molecular complexity index is 559. The molecule has 0 atom stereocenters. The van der Waals surface area contributed by atoms with Crippen LogP contribution in [0.15, 0.2) is 36.4 Å². The van der Waals surface area contributed by atoms with Crippen LogP contribution in [0.3, 0.4) is 0 Å². The van der Waals surface area contributed by atoms with Crippen LogP contribution in [-0.2, 0) is 6.18 Å². The first kappa shape index (κ1) is 12.4. The molecule has 0 spiro atoms. The highest BCUT2D eigenvalue weighted by Crippen LogP contribution is 2.31. The second kappa shape index (κ2) is 4.33. The van der Waals surface area contributed by atoms with Crippen molar-refractivity contribution in [3.63, 3.8) is 0 Å². The Morgan fingerprint density at radius 3 is 2.11 bits per heavy atom. The third-order valence-corrected chi connectivity index (χ3v) is 2.63. The number of pyridine rings is 1. The first-order valence-electron chi connectivity index (χ1n) is 5.28. The summed E-state index contributed by atoms with van der Waals surface area (Å²) in [6.45, 7) is 1.77. The third kappa shape index (κ3) is 2.45. The van der Waals surface area contributed by atoms with Crippen LogP contribution in [0.1, 0.15) is 11.3 Å². The van der Waals surface area contributed by atoms with E-state index in [1.807, 2.05) is 0 Å². The van der Waals surface area contributed by atoms with Crippen molar-refractivity contribution in [2.45, 2.75) is 13.1 Å². The Hall–Kier alpha value is -2.04. The van der Waals surface area contributed by atoms with Gasteiger partial charge in [0.05, 0.1) is 5.56 Å². The minimum Gasteiger partial charge on any atom is -0.384 e. The molecule has 1 aromatic heterocycles. The Kier molecular flexibility index (Phi) is 2.98. The third-order valence-electron chi connectivity index (χ3n) is 2.63. The molecule has 0 aliphatic carbocycles. The van der Waals surface area contributed by atoms with Crippen LogP contribution in [0.25, 0.3) is 11.1 Å². The van der Waals surface area contributed by atoms with Crippen molar-refractivity contribution in [1.82, 2.24) is 4.98 Å². The van der Waals surface area contributed by atoms with E-state index in [2.05, 4.69) is 4.98 Å². The Balaban J connectivity index is 2.41. The molecule has 0 amide bonds. The van der Waals surface area contributed by atoms with Crippen LogP contribution < -0.4 is 5.73 Å². The van der Waals surface area contributed by atoms with E-state index in [-0.39, 0.29) is 0 Å². The molecule has 0 saturated carbocycles. The minimum atomic E-state index is -4.31. The number of halogens is 3. The Morgan fingerprint density at radius 1 is 1.00 bits per heavy atom. The molecule has 94 valence electrons. The first-order valence-corrected chi connectivity index (χ1v) is 5.28. The number of hydrogen-bond acceptors (Lipinski definition) is 2. The fourth-order valence-electron chi connectivity index (χ4n) is 1.72. The van der Waals surface area contributed by atoms with Gasteiger partial charge in [0.25, 0.3) is 0 Å². The van der Waals surface area contributed by atoms with Gasteiger partial charge in [-0.05, 0) is 36.8 Å². The molecular weight excluding hydrogens is 241 g/mol. The van der Waals surface area contributed by atoms with Crippen LogP contribution in [0.4, 0.5) is 19.0 Å². The van der Waals surface area contributed by atoms with Gasteiger partial charge in [-0.25, -0.2) is 4.98 Å². The van der Waals surface area contributed by atoms with Crippen LogP contribution in [0.2, 0.25) is 0 Å². The van der Waals surface area contributed by atoms with Crippen molar-refractivity contribution < 1.29 is 13.2 Å². The van der Waals surface area contributed by atoms with Crippen LogP contribution in [0, 0.1) is 6.92 Å². The molecule has 18 heavy (non-hydrogen) atoms. The molecule has 1 aromatic carbocycles. The van der Waals surface area contributed by atoms with Crippen LogP contribution >= 0.6 is 0 Å². The van der Waals surface area contributed by atoms with E-state index in [1.165, 1.54) is 12.1 Å². The summed E-state index contributed by atoms with van der Waals surface area (Å²) in [7, 11) is 0. The van der Waals surface area contributed by atoms with Gasteiger partial charge in [0, 0.05) is 11.3 Å². The maximum absolute atomic E-state index is 12.4. The summed E-state index contributed by atoms with van der Waals surface area (Å²) >= 11 is 0. The molecule has 2 rings (SSSR count). The molecule has 0 radical (unpaired) electrons. The highest BCUT2D eigenvalue weighted by Gasteiger charge is 2.29. The number of nitrogens with zero attached hydrogens (tertiary/aromatic N) is 1. The number of nitrogen functional groups attached to an aromatic ring is 1. The average molecular weight is 252 g/mol. The summed E-state index contributed by atoms with van der Waals surface area (Å²) in [6.07, 6.45) is -4.31. The average Bonchev–Trinajstić information content (AvgIpc) is 2.28. The van der Waals surface area contributed by atoms with Gasteiger partial charge in [-0.3, -0.25) is 0 Å². The van der Waals surface area contributed by atoms with E-state index < -0.39 is 11.7 Å². The SMILES string of the molecule is Cc1nc(N)ccc1-c1ccc(C(F)(F)F)cc1. The molecule has 0 bridgehead atoms. The van der Waals surface area contributed by atoms with Crippen molar-refractivity contribution in [1.29, 1.82) is 0 Å². The molecule has 2 nitrogen and oxygen atoms in total. The van der Waals surface area contributed by atoms with Gasteiger partial charge in [0.15, 0.2) is 0 Å². The second-order valence-corrected chi connectivity index (χ2v) is 3.94. The van der Waals surface area contributed by atoms with E-state index in [0.29, 0.717) is 17.1 Å². The standard InChI is InChI=1S/C13H11F3N2/c1-8-11(6-7-12(17)18-8)9-2-4-10(5-3-9)13(14,15)16/h2-7H,1H3,(H2,17,18). The molecule has 0 fully saturated rings. The number of aryl methyl sites for hydroxylation is 1. The number of benzene rings is 1. The quantitative estimate of drug-likeness (QED) is 0.841. The summed E-state index contributed by atoms with van der Waals surface area (Å²) in [5.74, 6) is 0.392. The molecule has 0 aliphatic rings. The van der Waals surface area contributed by atoms with Gasteiger partial charge in [-0.1, -0.05) is 12.1 Å². The number of aromatic nitrogens is 1. The lowest BCUT2D eigenvalue weighted by molar-refractivity contribution is -0.137. The molecule has 5 heteroatoms. The van der Waals surface area contributed by atoms with Crippen LogP contribution in [0.5, 0.6) is 0 Å². The predicted octanol–water partition coefficient (Wildman–Crippen LogP) is 3.66. The first-order chi connectivity index (χ1) is 8.38. The molecule has 2 aromatic rings. The zero-order valence-electron chi connectivity index (χ0n) is 9.62. The van der Waals surface area contributed by atoms with E-state index >= 15 is 0 Å². The fourth-order valence-corrected chi connectivity index (χ4v) is 1.72. The highest BCUT2D eigenvalue weighted by atomic mass is 19.4. The van der Waals surface area contributed by atoms with Crippen molar-refractivity contribution in [3.8, 4) is 11.1 Å². The number of nitrogens with two attached hydrogens (primary N) is 1. The lowest BCUT2D eigenvalue weighted by Gasteiger charge is -2.09. The van der Waals surface area contributed by atoms with E-state index in [4.69, 9.17) is 5.73 Å². The summed E-state index contributed by atoms with van der Waals surface area (Å²) < 4.78 is 37.3. The fraction of sp³-hybridized carbons (Fsp3) is 0.154. The zero-order valence-corrected chi connectivity index (χ0v) is 9.62. The van der Waals surface area contributed by atoms with Gasteiger partial charge in [-0.2, -0.15) is 13.2 Å². The number of hydrogen-bond donors (Lipinski definition) is 1. The Morgan fingerprint density at radius 2 is 1.61 bits per heavy atom. The van der Waals surface area contributed by atoms with Gasteiger partial charge >= 0.3 is 6.18 Å². The molecule has 0 saturated heterocycles. The summed E-state index contributed by atoms with van der Waals surface area (Å²) in [4.78, 5) is 4.08. The minimum absolute atomic E-state index is 0.392. The molecule has 2 N–H and O–H groups in total. The van der Waals surface area contributed by atoms with Crippen molar-refractivity contribution in [2.24, 2.45) is 0 Å². The maximum atomic E-state index is 12.4. The monoisotopic (exact) mass is 252 g/mol. The molecule has 0 unspecified atom stereocenters. The van der Waals surface area contributed by atoms with Gasteiger partial charge < -0.3 is 5.73 Å². The number of anilines is 1. The molecular formula is C13H11F3N2. The smallest absolute Gasteiger partial charge is 0.384 e. The molecule has 0 aliphatic heterocycles. The lowest BCUT2D eigenvalue weighted by atomic mass is 10.0. The lowest BCUT2D eigenvalue weighted by Crippen LogP contribution is -2.04. The largest absolute Gasteiger partial charge is 0.416 e. The Labute approximate surface area is 102 Å². The van der Waals surface area contributed by atoms with Crippen molar-refractivity contribution in [2.75, 3.05) is 5.73 Å². The number of rotatable bonds is 1. The van der Waals surface area contributed by atoms with Crippen molar-refractivity contribution in [3.05, 3.63) is 47.7 Å². The normalized spacial score (nSPS) is 11.6. The van der Waals surface area contributed by atoms with Gasteiger partial charge in [0.1, 0.15) is 5.82 Å². The van der Waals surface area contributed by atoms with E-state index in [1.54, 1.807) is 19.1 Å². The predicted molar refractivity (Wildman–Crippen MR) is 63.8 cm³/mol. The van der Waals surface area contributed by atoms with Gasteiger partial charge in [-0.15, -0.1) is 0 Å². The van der Waals surface area contributed by atoms with E-state index in [9.17, 15) is 13.2 Å².